The minimum Gasteiger partial charge on any atom is -0.447 e. The molecule has 7 nitrogen and oxygen atoms in total. The molecule has 7 heteroatoms. The lowest BCUT2D eigenvalue weighted by Gasteiger charge is -2.34. The topological polar surface area (TPSA) is 64.7 Å². The van der Waals surface area contributed by atoms with Crippen LogP contribution in [0.4, 0.5) is 16.2 Å². The highest BCUT2D eigenvalue weighted by Gasteiger charge is 2.35. The highest BCUT2D eigenvalue weighted by Crippen LogP contribution is 2.35. The number of hydrogen-bond acceptors (Lipinski definition) is 5. The molecule has 2 aliphatic heterocycles. The average molecular weight is 377 g/mol. The molecule has 0 saturated carbocycles. The second kappa shape index (κ2) is 6.83. The van der Waals surface area contributed by atoms with Crippen molar-refractivity contribution < 1.29 is 9.53 Å². The molecule has 2 saturated heterocycles. The van der Waals surface area contributed by atoms with Gasteiger partial charge in [-0.15, -0.1) is 0 Å². The van der Waals surface area contributed by atoms with Gasteiger partial charge in [-0.3, -0.25) is 4.90 Å². The Balaban J connectivity index is 1.46. The van der Waals surface area contributed by atoms with Crippen molar-refractivity contribution in [1.82, 2.24) is 14.9 Å². The molecule has 28 heavy (non-hydrogen) atoms. The van der Waals surface area contributed by atoms with Crippen molar-refractivity contribution in [1.29, 1.82) is 0 Å². The van der Waals surface area contributed by atoms with Crippen molar-refractivity contribution >= 4 is 28.5 Å². The Morgan fingerprint density at radius 3 is 2.79 bits per heavy atom. The molecule has 2 aliphatic rings. The van der Waals surface area contributed by atoms with Gasteiger partial charge in [0.2, 0.25) is 0 Å². The van der Waals surface area contributed by atoms with Crippen LogP contribution in [-0.2, 0) is 4.74 Å². The molecule has 3 heterocycles. The van der Waals surface area contributed by atoms with Crippen molar-refractivity contribution in [2.75, 3.05) is 49.6 Å². The molecular formula is C21H23N5O2. The van der Waals surface area contributed by atoms with Gasteiger partial charge in [-0.05, 0) is 42.9 Å². The molecule has 1 atom stereocenters. The number of H-pyrrole nitrogens is 1. The summed E-state index contributed by atoms with van der Waals surface area (Å²) in [6.45, 7) is 4.50. The zero-order valence-electron chi connectivity index (χ0n) is 15.8. The third-order valence-corrected chi connectivity index (χ3v) is 5.68. The quantitative estimate of drug-likeness (QED) is 0.760. The van der Waals surface area contributed by atoms with E-state index in [1.54, 1.807) is 11.2 Å². The van der Waals surface area contributed by atoms with Gasteiger partial charge in [0.25, 0.3) is 0 Å². The molecule has 0 aliphatic carbocycles. The minimum absolute atomic E-state index is 0.139. The van der Waals surface area contributed by atoms with Gasteiger partial charge in [0.05, 0.1) is 29.1 Å². The third kappa shape index (κ3) is 2.97. The monoisotopic (exact) mass is 377 g/mol. The summed E-state index contributed by atoms with van der Waals surface area (Å²) in [5.74, 6) is 0. The van der Waals surface area contributed by atoms with Crippen LogP contribution in [0, 0.1) is 0 Å². The molecule has 1 aromatic heterocycles. The number of hydrogen-bond donors (Lipinski definition) is 1. The van der Waals surface area contributed by atoms with Gasteiger partial charge in [0, 0.05) is 31.9 Å². The van der Waals surface area contributed by atoms with Crippen molar-refractivity contribution in [3.8, 4) is 0 Å². The number of nitrogens with one attached hydrogen (secondary N) is 1. The van der Waals surface area contributed by atoms with Gasteiger partial charge in [-0.2, -0.15) is 0 Å². The number of ether oxygens (including phenoxy) is 1. The summed E-state index contributed by atoms with van der Waals surface area (Å²) in [7, 11) is 2.16. The molecule has 0 spiro atoms. The molecule has 5 rings (SSSR count). The third-order valence-electron chi connectivity index (χ3n) is 5.68. The number of amides is 1. The number of nitrogens with zero attached hydrogens (tertiary/aromatic N) is 4. The van der Waals surface area contributed by atoms with Crippen LogP contribution in [0.25, 0.3) is 11.0 Å². The fraction of sp³-hybridized carbons (Fsp3) is 0.333. The van der Waals surface area contributed by atoms with Crippen LogP contribution in [0.15, 0.2) is 48.8 Å². The number of rotatable bonds is 3. The van der Waals surface area contributed by atoms with Crippen LogP contribution >= 0.6 is 0 Å². The van der Waals surface area contributed by atoms with E-state index in [1.807, 2.05) is 18.2 Å². The Kier molecular flexibility index (Phi) is 4.16. The number of piperazine rings is 1. The zero-order chi connectivity index (χ0) is 19.1. The number of aromatic nitrogens is 2. The van der Waals surface area contributed by atoms with Gasteiger partial charge in [0.15, 0.2) is 0 Å². The van der Waals surface area contributed by atoms with Crippen LogP contribution in [0.2, 0.25) is 0 Å². The fourth-order valence-electron chi connectivity index (χ4n) is 4.02. The van der Waals surface area contributed by atoms with Gasteiger partial charge in [-0.1, -0.05) is 12.1 Å². The lowest BCUT2D eigenvalue weighted by molar-refractivity contribution is 0.179. The van der Waals surface area contributed by atoms with E-state index in [9.17, 15) is 4.79 Å². The van der Waals surface area contributed by atoms with Gasteiger partial charge < -0.3 is 19.5 Å². The van der Waals surface area contributed by atoms with Crippen molar-refractivity contribution in [3.63, 3.8) is 0 Å². The Morgan fingerprint density at radius 2 is 1.93 bits per heavy atom. The summed E-state index contributed by atoms with van der Waals surface area (Å²) in [6.07, 6.45) is 1.35. The second-order valence-electron chi connectivity index (χ2n) is 7.45. The highest BCUT2D eigenvalue weighted by molar-refractivity contribution is 5.93. The molecule has 1 amide bonds. The Bertz CT molecular complexity index is 1010. The number of carbonyl (C=O) groups excluding carboxylic acids is 1. The number of benzene rings is 2. The molecule has 1 N–H and O–H groups in total. The van der Waals surface area contributed by atoms with Crippen LogP contribution in [-0.4, -0.2) is 60.8 Å². The van der Waals surface area contributed by atoms with E-state index >= 15 is 0 Å². The van der Waals surface area contributed by atoms with Gasteiger partial charge >= 0.3 is 6.09 Å². The predicted molar refractivity (Wildman–Crippen MR) is 109 cm³/mol. The maximum atomic E-state index is 12.5. The standard InChI is InChI=1S/C21H23N5O2/c1-24-7-9-25(10-8-24)16-4-2-3-15(11-16)20-13-28-21(27)26(20)17-5-6-18-19(12-17)23-14-22-18/h2-6,11-12,14,20H,7-10,13H2,1H3,(H,22,23)/t20-/m1/s1. The lowest BCUT2D eigenvalue weighted by Crippen LogP contribution is -2.44. The molecule has 2 aromatic carbocycles. The lowest BCUT2D eigenvalue weighted by atomic mass is 10.0. The molecule has 3 aromatic rings. The number of cyclic esters (lactones) is 1. The second-order valence-corrected chi connectivity index (χ2v) is 7.45. The summed E-state index contributed by atoms with van der Waals surface area (Å²) in [5, 5.41) is 0. The van der Waals surface area contributed by atoms with E-state index in [4.69, 9.17) is 4.74 Å². The summed E-state index contributed by atoms with van der Waals surface area (Å²) in [5.41, 5.74) is 4.89. The number of fused-ring (bicyclic) bond motifs is 1. The van der Waals surface area contributed by atoms with Crippen LogP contribution in [0.5, 0.6) is 0 Å². The Hall–Kier alpha value is -3.06. The number of aromatic amines is 1. The first-order valence-electron chi connectivity index (χ1n) is 9.61. The maximum absolute atomic E-state index is 12.5. The Labute approximate surface area is 163 Å². The normalized spacial score (nSPS) is 20.8. The van der Waals surface area contributed by atoms with E-state index in [-0.39, 0.29) is 12.1 Å². The van der Waals surface area contributed by atoms with Crippen molar-refractivity contribution in [2.24, 2.45) is 0 Å². The summed E-state index contributed by atoms with van der Waals surface area (Å²) >= 11 is 0. The highest BCUT2D eigenvalue weighted by atomic mass is 16.6. The van der Waals surface area contributed by atoms with Crippen LogP contribution in [0.1, 0.15) is 11.6 Å². The average Bonchev–Trinajstić information content (AvgIpc) is 3.34. The number of imidazole rings is 1. The minimum atomic E-state index is -0.311. The van der Waals surface area contributed by atoms with E-state index in [0.717, 1.165) is 48.5 Å². The van der Waals surface area contributed by atoms with Gasteiger partial charge in [0.1, 0.15) is 6.61 Å². The van der Waals surface area contributed by atoms with E-state index in [0.29, 0.717) is 6.61 Å². The molecule has 0 bridgehead atoms. The number of carbonyl (C=O) groups is 1. The predicted octanol–water partition coefficient (Wildman–Crippen LogP) is 3.01. The Morgan fingerprint density at radius 1 is 1.07 bits per heavy atom. The van der Waals surface area contributed by atoms with E-state index < -0.39 is 0 Å². The molecule has 144 valence electrons. The molecule has 2 fully saturated rings. The molecular weight excluding hydrogens is 354 g/mol. The van der Waals surface area contributed by atoms with E-state index in [2.05, 4.69) is 51.1 Å². The zero-order valence-corrected chi connectivity index (χ0v) is 15.8. The summed E-state index contributed by atoms with van der Waals surface area (Å²) in [6, 6.07) is 14.1. The summed E-state index contributed by atoms with van der Waals surface area (Å²) in [4.78, 5) is 26.4. The van der Waals surface area contributed by atoms with E-state index in [1.165, 1.54) is 5.69 Å². The van der Waals surface area contributed by atoms with Crippen molar-refractivity contribution in [3.05, 3.63) is 54.4 Å². The summed E-state index contributed by atoms with van der Waals surface area (Å²) < 4.78 is 5.42. The van der Waals surface area contributed by atoms with Gasteiger partial charge in [-0.25, -0.2) is 9.78 Å². The van der Waals surface area contributed by atoms with Crippen LogP contribution < -0.4 is 9.80 Å². The van der Waals surface area contributed by atoms with Crippen LogP contribution in [0.3, 0.4) is 0 Å². The largest absolute Gasteiger partial charge is 0.447 e. The molecule has 0 unspecified atom stereocenters. The first kappa shape index (κ1) is 17.1. The smallest absolute Gasteiger partial charge is 0.415 e. The first-order chi connectivity index (χ1) is 13.7. The SMILES string of the molecule is CN1CCN(c2cccc([C@H]3COC(=O)N3c3ccc4nc[nH]c4c3)c2)CC1. The number of anilines is 2. The first-order valence-corrected chi connectivity index (χ1v) is 9.61. The maximum Gasteiger partial charge on any atom is 0.415 e. The number of likely N-dealkylation sites (N-methyl/N-ethyl adjacent to an activating group) is 1. The van der Waals surface area contributed by atoms with Crippen molar-refractivity contribution in [2.45, 2.75) is 6.04 Å². The molecule has 0 radical (unpaired) electrons. The fourth-order valence-corrected chi connectivity index (χ4v) is 4.02.